The Balaban J connectivity index is 2.40. The van der Waals surface area contributed by atoms with E-state index >= 15 is 0 Å². The molecule has 0 heterocycles. The second-order valence-corrected chi connectivity index (χ2v) is 5.21. The second-order valence-electron chi connectivity index (χ2n) is 5.21. The molecule has 0 aromatic carbocycles. The van der Waals surface area contributed by atoms with Gasteiger partial charge in [0.1, 0.15) is 5.54 Å². The largest absolute Gasteiger partial charge is 0.461 e. The van der Waals surface area contributed by atoms with Crippen molar-refractivity contribution in [2.75, 3.05) is 0 Å². The Bertz CT molecular complexity index is 220. The summed E-state index contributed by atoms with van der Waals surface area (Å²) in [5, 5.41) is 0. The van der Waals surface area contributed by atoms with Crippen molar-refractivity contribution in [1.82, 2.24) is 0 Å². The molecular formula is C12H23NO2. The van der Waals surface area contributed by atoms with Gasteiger partial charge in [-0.3, -0.25) is 4.79 Å². The molecule has 3 heteroatoms. The Morgan fingerprint density at radius 1 is 1.33 bits per heavy atom. The van der Waals surface area contributed by atoms with Gasteiger partial charge in [0.2, 0.25) is 0 Å². The maximum atomic E-state index is 11.8. The second kappa shape index (κ2) is 4.97. The highest BCUT2D eigenvalue weighted by Crippen LogP contribution is 2.28. The minimum absolute atomic E-state index is 0.0153. The molecular weight excluding hydrogens is 190 g/mol. The minimum Gasteiger partial charge on any atom is -0.461 e. The summed E-state index contributed by atoms with van der Waals surface area (Å²) in [6.45, 7) is 6.19. The number of carbonyl (C=O) groups excluding carboxylic acids is 1. The lowest BCUT2D eigenvalue weighted by atomic mass is 9.99. The molecule has 0 spiro atoms. The molecule has 1 atom stereocenters. The summed E-state index contributed by atoms with van der Waals surface area (Å²) < 4.78 is 5.38. The van der Waals surface area contributed by atoms with Crippen molar-refractivity contribution in [2.45, 2.75) is 64.5 Å². The molecule has 1 rings (SSSR count). The van der Waals surface area contributed by atoms with Crippen molar-refractivity contribution in [3.05, 3.63) is 0 Å². The smallest absolute Gasteiger partial charge is 0.326 e. The van der Waals surface area contributed by atoms with Crippen LogP contribution in [-0.2, 0) is 9.53 Å². The Morgan fingerprint density at radius 2 is 1.87 bits per heavy atom. The van der Waals surface area contributed by atoms with Crippen LogP contribution >= 0.6 is 0 Å². The van der Waals surface area contributed by atoms with E-state index in [1.807, 2.05) is 6.92 Å². The summed E-state index contributed by atoms with van der Waals surface area (Å²) in [6.07, 6.45) is 4.54. The lowest BCUT2D eigenvalue weighted by molar-refractivity contribution is -0.155. The molecule has 0 aromatic heterocycles. The van der Waals surface area contributed by atoms with Crippen molar-refractivity contribution in [3.63, 3.8) is 0 Å². The van der Waals surface area contributed by atoms with Crippen LogP contribution in [0.25, 0.3) is 0 Å². The predicted octanol–water partition coefficient (Wildman–Crippen LogP) is 2.24. The van der Waals surface area contributed by atoms with Gasteiger partial charge >= 0.3 is 5.97 Å². The van der Waals surface area contributed by atoms with E-state index in [9.17, 15) is 4.79 Å². The maximum absolute atomic E-state index is 11.8. The van der Waals surface area contributed by atoms with Gasteiger partial charge in [-0.1, -0.05) is 26.7 Å². The quantitative estimate of drug-likeness (QED) is 0.729. The van der Waals surface area contributed by atoms with Crippen LogP contribution in [0.2, 0.25) is 0 Å². The monoisotopic (exact) mass is 213 g/mol. The molecule has 88 valence electrons. The predicted molar refractivity (Wildman–Crippen MR) is 60.4 cm³/mol. The van der Waals surface area contributed by atoms with Crippen molar-refractivity contribution in [1.29, 1.82) is 0 Å². The van der Waals surface area contributed by atoms with E-state index in [1.165, 1.54) is 0 Å². The van der Waals surface area contributed by atoms with Crippen molar-refractivity contribution in [3.8, 4) is 0 Å². The number of hydrogen-bond donors (Lipinski definition) is 1. The van der Waals surface area contributed by atoms with Crippen molar-refractivity contribution >= 4 is 5.97 Å². The van der Waals surface area contributed by atoms with Gasteiger partial charge in [-0.15, -0.1) is 0 Å². The van der Waals surface area contributed by atoms with Gasteiger partial charge in [0.15, 0.2) is 0 Å². The first-order valence-corrected chi connectivity index (χ1v) is 5.94. The van der Waals surface area contributed by atoms with Crippen molar-refractivity contribution in [2.24, 2.45) is 11.7 Å². The molecule has 1 unspecified atom stereocenters. The Kier molecular flexibility index (Phi) is 4.14. The third-order valence-corrected chi connectivity index (χ3v) is 3.01. The topological polar surface area (TPSA) is 52.3 Å². The number of carbonyl (C=O) groups is 1. The third-order valence-electron chi connectivity index (χ3n) is 3.01. The summed E-state index contributed by atoms with van der Waals surface area (Å²) in [5.41, 5.74) is 5.32. The van der Waals surface area contributed by atoms with E-state index in [0.717, 1.165) is 32.1 Å². The van der Waals surface area contributed by atoms with E-state index in [4.69, 9.17) is 10.5 Å². The molecule has 0 bridgehead atoms. The van der Waals surface area contributed by atoms with Crippen LogP contribution in [0.4, 0.5) is 0 Å². The lowest BCUT2D eigenvalue weighted by Crippen LogP contribution is -2.47. The molecule has 0 aromatic rings. The maximum Gasteiger partial charge on any atom is 0.326 e. The molecule has 0 radical (unpaired) electrons. The summed E-state index contributed by atoms with van der Waals surface area (Å²) in [6, 6.07) is 0. The molecule has 3 nitrogen and oxygen atoms in total. The summed E-state index contributed by atoms with van der Waals surface area (Å²) in [7, 11) is 0. The first-order chi connectivity index (χ1) is 6.94. The Hall–Kier alpha value is -0.570. The highest BCUT2D eigenvalue weighted by molar-refractivity contribution is 5.81. The zero-order valence-electron chi connectivity index (χ0n) is 10.1. The SMILES string of the molecule is CC(C)CC(C)OC(=O)C1(N)CCCC1. The zero-order valence-corrected chi connectivity index (χ0v) is 10.1. The highest BCUT2D eigenvalue weighted by atomic mass is 16.5. The highest BCUT2D eigenvalue weighted by Gasteiger charge is 2.39. The minimum atomic E-state index is -0.689. The number of rotatable bonds is 4. The fourth-order valence-corrected chi connectivity index (χ4v) is 2.22. The average Bonchev–Trinajstić information content (AvgIpc) is 2.51. The van der Waals surface area contributed by atoms with Gasteiger partial charge < -0.3 is 10.5 Å². The van der Waals surface area contributed by atoms with Crippen LogP contribution in [0.3, 0.4) is 0 Å². The Labute approximate surface area is 92.4 Å². The van der Waals surface area contributed by atoms with E-state index in [0.29, 0.717) is 5.92 Å². The fourth-order valence-electron chi connectivity index (χ4n) is 2.22. The van der Waals surface area contributed by atoms with Crippen LogP contribution < -0.4 is 5.73 Å². The standard InChI is InChI=1S/C12H23NO2/c1-9(2)8-10(3)15-11(14)12(13)6-4-5-7-12/h9-10H,4-8,13H2,1-3H3. The normalized spacial score (nSPS) is 21.7. The molecule has 1 saturated carbocycles. The molecule has 1 fully saturated rings. The van der Waals surface area contributed by atoms with E-state index < -0.39 is 5.54 Å². The third kappa shape index (κ3) is 3.49. The lowest BCUT2D eigenvalue weighted by Gasteiger charge is -2.24. The van der Waals surface area contributed by atoms with Crippen LogP contribution in [0.15, 0.2) is 0 Å². The number of nitrogens with two attached hydrogens (primary N) is 1. The molecule has 15 heavy (non-hydrogen) atoms. The number of esters is 1. The van der Waals surface area contributed by atoms with Crippen LogP contribution in [0.1, 0.15) is 52.9 Å². The average molecular weight is 213 g/mol. The Morgan fingerprint density at radius 3 is 2.33 bits per heavy atom. The van der Waals surface area contributed by atoms with Gasteiger partial charge in [-0.05, 0) is 32.1 Å². The van der Waals surface area contributed by atoms with E-state index in [2.05, 4.69) is 13.8 Å². The van der Waals surface area contributed by atoms with Crippen LogP contribution in [0.5, 0.6) is 0 Å². The number of hydrogen-bond acceptors (Lipinski definition) is 3. The molecule has 1 aliphatic carbocycles. The molecule has 1 aliphatic rings. The van der Waals surface area contributed by atoms with Gasteiger partial charge in [-0.2, -0.15) is 0 Å². The van der Waals surface area contributed by atoms with Gasteiger partial charge in [0.05, 0.1) is 6.10 Å². The van der Waals surface area contributed by atoms with Crippen molar-refractivity contribution < 1.29 is 9.53 Å². The van der Waals surface area contributed by atoms with Gasteiger partial charge in [0, 0.05) is 0 Å². The first-order valence-electron chi connectivity index (χ1n) is 5.94. The molecule has 2 N–H and O–H groups in total. The molecule has 0 aliphatic heterocycles. The molecule has 0 saturated heterocycles. The number of ether oxygens (including phenoxy) is 1. The van der Waals surface area contributed by atoms with E-state index in [-0.39, 0.29) is 12.1 Å². The van der Waals surface area contributed by atoms with Gasteiger partial charge in [0.25, 0.3) is 0 Å². The first kappa shape index (κ1) is 12.5. The van der Waals surface area contributed by atoms with E-state index in [1.54, 1.807) is 0 Å². The zero-order chi connectivity index (χ0) is 11.5. The molecule has 0 amide bonds. The summed E-state index contributed by atoms with van der Waals surface area (Å²) >= 11 is 0. The summed E-state index contributed by atoms with van der Waals surface area (Å²) in [4.78, 5) is 11.8. The van der Waals surface area contributed by atoms with Crippen LogP contribution in [0, 0.1) is 5.92 Å². The fraction of sp³-hybridized carbons (Fsp3) is 0.917. The summed E-state index contributed by atoms with van der Waals surface area (Å²) in [5.74, 6) is 0.346. The van der Waals surface area contributed by atoms with Gasteiger partial charge in [-0.25, -0.2) is 0 Å². The van der Waals surface area contributed by atoms with Crippen LogP contribution in [-0.4, -0.2) is 17.6 Å².